The number of ether oxygens (including phenoxy) is 4. The first-order valence-electron chi connectivity index (χ1n) is 6.25. The number of esters is 2. The zero-order chi connectivity index (χ0) is 14.9. The summed E-state index contributed by atoms with van der Waals surface area (Å²) in [6.45, 7) is 7.09. The topological polar surface area (TPSA) is 71.1 Å². The normalized spacial score (nSPS) is 12.9. The second-order valence-corrected chi connectivity index (χ2v) is 3.81. The second-order valence-electron chi connectivity index (χ2n) is 3.37. The Morgan fingerprint density at radius 3 is 1.79 bits per heavy atom. The van der Waals surface area contributed by atoms with Gasteiger partial charge in [-0.3, -0.25) is 4.79 Å². The molecule has 0 aliphatic heterocycles. The van der Waals surface area contributed by atoms with Crippen LogP contribution in [0.3, 0.4) is 0 Å². The van der Waals surface area contributed by atoms with Gasteiger partial charge in [-0.1, -0.05) is 0 Å². The minimum Gasteiger partial charge on any atom is -0.465 e. The van der Waals surface area contributed by atoms with Crippen LogP contribution in [0.5, 0.6) is 0 Å². The molecule has 0 aliphatic carbocycles. The Balaban J connectivity index is 5.29. The average Bonchev–Trinajstić information content (AvgIpc) is 2.38. The van der Waals surface area contributed by atoms with E-state index in [0.29, 0.717) is 0 Å². The van der Waals surface area contributed by atoms with Gasteiger partial charge in [-0.05, 0) is 27.7 Å². The monoisotopic (exact) mass is 296 g/mol. The smallest absolute Gasteiger partial charge is 0.369 e. The third-order valence-corrected chi connectivity index (χ3v) is 2.57. The SMILES string of the molecule is CCOC(=O)C(Cl)C(OCC)(OCC)C(=O)OCC. The van der Waals surface area contributed by atoms with Gasteiger partial charge in [0, 0.05) is 13.2 Å². The highest BCUT2D eigenvalue weighted by Crippen LogP contribution is 2.26. The number of rotatable bonds is 9. The third-order valence-electron chi connectivity index (χ3n) is 2.10. The lowest BCUT2D eigenvalue weighted by molar-refractivity contribution is -0.247. The molecule has 0 aromatic rings. The van der Waals surface area contributed by atoms with Gasteiger partial charge in [0.15, 0.2) is 5.38 Å². The van der Waals surface area contributed by atoms with Crippen molar-refractivity contribution < 1.29 is 28.5 Å². The lowest BCUT2D eigenvalue weighted by Crippen LogP contribution is -2.56. The summed E-state index contributed by atoms with van der Waals surface area (Å²) in [6.07, 6.45) is 0. The van der Waals surface area contributed by atoms with Crippen molar-refractivity contribution in [2.45, 2.75) is 38.9 Å². The molecule has 1 unspecified atom stereocenters. The van der Waals surface area contributed by atoms with Gasteiger partial charge >= 0.3 is 11.9 Å². The van der Waals surface area contributed by atoms with Gasteiger partial charge < -0.3 is 18.9 Å². The van der Waals surface area contributed by atoms with E-state index in [0.717, 1.165) is 0 Å². The maximum Gasteiger partial charge on any atom is 0.369 e. The zero-order valence-electron chi connectivity index (χ0n) is 11.7. The van der Waals surface area contributed by atoms with E-state index in [1.165, 1.54) is 0 Å². The molecule has 6 nitrogen and oxygen atoms in total. The molecule has 0 heterocycles. The van der Waals surface area contributed by atoms with Crippen LogP contribution < -0.4 is 0 Å². The Morgan fingerprint density at radius 2 is 1.42 bits per heavy atom. The second kappa shape index (κ2) is 9.12. The Labute approximate surface area is 118 Å². The van der Waals surface area contributed by atoms with Crippen molar-refractivity contribution in [3.05, 3.63) is 0 Å². The van der Waals surface area contributed by atoms with Crippen molar-refractivity contribution in [2.24, 2.45) is 0 Å². The Bertz CT molecular complexity index is 288. The predicted octanol–water partition coefficient (Wildman–Crippen LogP) is 1.49. The van der Waals surface area contributed by atoms with Gasteiger partial charge in [0.2, 0.25) is 0 Å². The Hall–Kier alpha value is -0.850. The molecular formula is C12H21ClO6. The maximum atomic E-state index is 12.0. The minimum atomic E-state index is -1.98. The summed E-state index contributed by atoms with van der Waals surface area (Å²) >= 11 is 6.00. The van der Waals surface area contributed by atoms with Crippen molar-refractivity contribution >= 4 is 23.5 Å². The lowest BCUT2D eigenvalue weighted by atomic mass is 10.1. The number of hydrogen-bond acceptors (Lipinski definition) is 6. The summed E-state index contributed by atoms with van der Waals surface area (Å²) in [7, 11) is 0. The van der Waals surface area contributed by atoms with Gasteiger partial charge in [-0.15, -0.1) is 11.6 Å². The van der Waals surface area contributed by atoms with Crippen molar-refractivity contribution in [2.75, 3.05) is 26.4 Å². The van der Waals surface area contributed by atoms with Crippen LogP contribution in [0.1, 0.15) is 27.7 Å². The quantitative estimate of drug-likeness (QED) is 0.365. The van der Waals surface area contributed by atoms with Crippen LogP contribution in [0.4, 0.5) is 0 Å². The van der Waals surface area contributed by atoms with Crippen molar-refractivity contribution in [1.29, 1.82) is 0 Å². The molecule has 0 N–H and O–H groups in total. The molecule has 0 rings (SSSR count). The fraction of sp³-hybridized carbons (Fsp3) is 0.833. The fourth-order valence-corrected chi connectivity index (χ4v) is 1.72. The number of hydrogen-bond donors (Lipinski definition) is 0. The van der Waals surface area contributed by atoms with Crippen molar-refractivity contribution in [3.63, 3.8) is 0 Å². The summed E-state index contributed by atoms with van der Waals surface area (Å²) in [5.74, 6) is -3.61. The molecule has 0 saturated heterocycles. The number of halogens is 1. The molecular weight excluding hydrogens is 276 g/mol. The predicted molar refractivity (Wildman–Crippen MR) is 68.9 cm³/mol. The molecule has 0 fully saturated rings. The van der Waals surface area contributed by atoms with Crippen LogP contribution in [-0.4, -0.2) is 49.5 Å². The van der Waals surface area contributed by atoms with Gasteiger partial charge in [0.25, 0.3) is 5.79 Å². The molecule has 0 radical (unpaired) electrons. The molecule has 0 amide bonds. The largest absolute Gasteiger partial charge is 0.465 e. The highest BCUT2D eigenvalue weighted by Gasteiger charge is 2.53. The molecule has 7 heteroatoms. The first-order valence-corrected chi connectivity index (χ1v) is 6.69. The van der Waals surface area contributed by atoms with E-state index in [1.807, 2.05) is 0 Å². The molecule has 0 spiro atoms. The van der Waals surface area contributed by atoms with E-state index in [2.05, 4.69) is 0 Å². The summed E-state index contributed by atoms with van der Waals surface area (Å²) in [6, 6.07) is 0. The molecule has 112 valence electrons. The summed E-state index contributed by atoms with van der Waals surface area (Å²) in [5, 5.41) is -1.44. The van der Waals surface area contributed by atoms with Gasteiger partial charge in [-0.25, -0.2) is 4.79 Å². The number of carbonyl (C=O) groups is 2. The van der Waals surface area contributed by atoms with Crippen LogP contribution in [-0.2, 0) is 28.5 Å². The van der Waals surface area contributed by atoms with Crippen molar-refractivity contribution in [1.82, 2.24) is 0 Å². The molecule has 0 aromatic heterocycles. The first kappa shape index (κ1) is 18.1. The molecule has 19 heavy (non-hydrogen) atoms. The van der Waals surface area contributed by atoms with E-state index >= 15 is 0 Å². The zero-order valence-corrected chi connectivity index (χ0v) is 12.5. The summed E-state index contributed by atoms with van der Waals surface area (Å²) in [4.78, 5) is 23.8. The minimum absolute atomic E-state index is 0.118. The third kappa shape index (κ3) is 4.63. The molecule has 0 aliphatic rings. The highest BCUT2D eigenvalue weighted by atomic mass is 35.5. The van der Waals surface area contributed by atoms with Crippen LogP contribution in [0.2, 0.25) is 0 Å². The Kier molecular flexibility index (Phi) is 8.71. The van der Waals surface area contributed by atoms with E-state index < -0.39 is 23.1 Å². The van der Waals surface area contributed by atoms with E-state index in [-0.39, 0.29) is 26.4 Å². The van der Waals surface area contributed by atoms with Gasteiger partial charge in [0.1, 0.15) is 0 Å². The highest BCUT2D eigenvalue weighted by molar-refractivity contribution is 6.32. The van der Waals surface area contributed by atoms with E-state index in [1.54, 1.807) is 27.7 Å². The average molecular weight is 297 g/mol. The van der Waals surface area contributed by atoms with Crippen LogP contribution >= 0.6 is 11.6 Å². The first-order chi connectivity index (χ1) is 8.99. The Morgan fingerprint density at radius 1 is 0.947 bits per heavy atom. The van der Waals surface area contributed by atoms with Crippen molar-refractivity contribution in [3.8, 4) is 0 Å². The molecule has 0 saturated carbocycles. The number of alkyl halides is 1. The van der Waals surface area contributed by atoms with E-state index in [4.69, 9.17) is 30.5 Å². The molecule has 0 aromatic carbocycles. The molecule has 0 bridgehead atoms. The maximum absolute atomic E-state index is 12.0. The number of carbonyl (C=O) groups excluding carboxylic acids is 2. The van der Waals surface area contributed by atoms with Gasteiger partial charge in [0.05, 0.1) is 13.2 Å². The molecule has 1 atom stereocenters. The van der Waals surface area contributed by atoms with Crippen LogP contribution in [0, 0.1) is 0 Å². The lowest BCUT2D eigenvalue weighted by Gasteiger charge is -2.32. The van der Waals surface area contributed by atoms with Crippen LogP contribution in [0.15, 0.2) is 0 Å². The summed E-state index contributed by atoms with van der Waals surface area (Å²) in [5.41, 5.74) is 0. The fourth-order valence-electron chi connectivity index (χ4n) is 1.44. The van der Waals surface area contributed by atoms with Crippen LogP contribution in [0.25, 0.3) is 0 Å². The summed E-state index contributed by atoms with van der Waals surface area (Å²) < 4.78 is 20.2. The standard InChI is InChI=1S/C12H21ClO6/c1-5-16-10(14)9(13)12(18-7-3,19-8-4)11(15)17-6-2/h9H,5-8H2,1-4H3. The van der Waals surface area contributed by atoms with E-state index in [9.17, 15) is 9.59 Å². The van der Waals surface area contributed by atoms with Gasteiger partial charge in [-0.2, -0.15) is 0 Å².